The second-order valence-electron chi connectivity index (χ2n) is 2.79. The Labute approximate surface area is 68.2 Å². The smallest absolute Gasteiger partial charge is 0.0701 e. The molecular formula is C9H16O2. The average molecular weight is 156 g/mol. The molecule has 2 nitrogen and oxygen atoms in total. The van der Waals surface area contributed by atoms with Crippen LogP contribution in [0.15, 0.2) is 0 Å². The topological polar surface area (TPSA) is 40.5 Å². The van der Waals surface area contributed by atoms with E-state index in [0.717, 1.165) is 6.42 Å². The summed E-state index contributed by atoms with van der Waals surface area (Å²) in [4.78, 5) is 0. The molecule has 0 aliphatic carbocycles. The fraction of sp³-hybridized carbons (Fsp3) is 0.778. The van der Waals surface area contributed by atoms with Crippen LogP contribution >= 0.6 is 0 Å². The van der Waals surface area contributed by atoms with Crippen molar-refractivity contribution in [3.05, 3.63) is 0 Å². The Morgan fingerprint density at radius 3 is 2.27 bits per heavy atom. The summed E-state index contributed by atoms with van der Waals surface area (Å²) in [6.07, 6.45) is 5.06. The van der Waals surface area contributed by atoms with Crippen LogP contribution in [-0.2, 0) is 0 Å². The van der Waals surface area contributed by atoms with Gasteiger partial charge in [0.05, 0.1) is 12.2 Å². The molecule has 0 aliphatic heterocycles. The van der Waals surface area contributed by atoms with Crippen LogP contribution < -0.4 is 0 Å². The van der Waals surface area contributed by atoms with Crippen molar-refractivity contribution in [2.75, 3.05) is 0 Å². The molecule has 0 rings (SSSR count). The molecule has 0 heterocycles. The Bertz CT molecular complexity index is 135. The Morgan fingerprint density at radius 2 is 2.00 bits per heavy atom. The molecule has 0 aromatic heterocycles. The standard InChI is InChI=1S/C9H16O2/c1-4-6-9(11)8(5-2)7(3)10/h1,7-11H,5-6H2,2-3H3. The number of hydrogen-bond acceptors (Lipinski definition) is 2. The Morgan fingerprint density at radius 1 is 1.45 bits per heavy atom. The summed E-state index contributed by atoms with van der Waals surface area (Å²) in [6.45, 7) is 3.60. The largest absolute Gasteiger partial charge is 0.393 e. The molecule has 0 spiro atoms. The molecule has 0 aliphatic rings. The molecule has 64 valence electrons. The summed E-state index contributed by atoms with van der Waals surface area (Å²) in [5.74, 6) is 2.28. The fourth-order valence-electron chi connectivity index (χ4n) is 1.21. The van der Waals surface area contributed by atoms with E-state index >= 15 is 0 Å². The van der Waals surface area contributed by atoms with E-state index in [9.17, 15) is 10.2 Å². The highest BCUT2D eigenvalue weighted by molar-refractivity contribution is 4.89. The van der Waals surface area contributed by atoms with E-state index in [-0.39, 0.29) is 5.92 Å². The molecule has 0 fully saturated rings. The van der Waals surface area contributed by atoms with Crippen molar-refractivity contribution in [2.24, 2.45) is 5.92 Å². The summed E-state index contributed by atoms with van der Waals surface area (Å²) in [7, 11) is 0. The normalized spacial score (nSPS) is 18.5. The first-order valence-electron chi connectivity index (χ1n) is 3.93. The van der Waals surface area contributed by atoms with Crippen molar-refractivity contribution >= 4 is 0 Å². The molecule has 2 N–H and O–H groups in total. The summed E-state index contributed by atoms with van der Waals surface area (Å²) in [6, 6.07) is 0. The van der Waals surface area contributed by atoms with E-state index in [2.05, 4.69) is 5.92 Å². The van der Waals surface area contributed by atoms with Gasteiger partial charge in [0.25, 0.3) is 0 Å². The minimum atomic E-state index is -0.565. The molecule has 0 aromatic rings. The van der Waals surface area contributed by atoms with Crippen LogP contribution in [0.25, 0.3) is 0 Å². The lowest BCUT2D eigenvalue weighted by Crippen LogP contribution is -2.28. The van der Waals surface area contributed by atoms with Crippen molar-refractivity contribution in [3.8, 4) is 12.3 Å². The average Bonchev–Trinajstić information content (AvgIpc) is 1.88. The highest BCUT2D eigenvalue weighted by Gasteiger charge is 2.20. The number of hydrogen-bond donors (Lipinski definition) is 2. The van der Waals surface area contributed by atoms with Gasteiger partial charge in [0.15, 0.2) is 0 Å². The molecule has 0 bridgehead atoms. The van der Waals surface area contributed by atoms with Gasteiger partial charge in [-0.15, -0.1) is 12.3 Å². The van der Waals surface area contributed by atoms with E-state index in [1.807, 2.05) is 6.92 Å². The fourth-order valence-corrected chi connectivity index (χ4v) is 1.21. The third kappa shape index (κ3) is 3.41. The van der Waals surface area contributed by atoms with Gasteiger partial charge in [-0.25, -0.2) is 0 Å². The Balaban J connectivity index is 3.93. The maximum absolute atomic E-state index is 9.38. The van der Waals surface area contributed by atoms with E-state index in [1.54, 1.807) is 6.92 Å². The van der Waals surface area contributed by atoms with Crippen LogP contribution in [0.2, 0.25) is 0 Å². The van der Waals surface area contributed by atoms with Gasteiger partial charge in [0.2, 0.25) is 0 Å². The molecule has 0 aromatic carbocycles. The van der Waals surface area contributed by atoms with Crippen molar-refractivity contribution in [1.29, 1.82) is 0 Å². The summed E-state index contributed by atoms with van der Waals surface area (Å²) < 4.78 is 0. The Hall–Kier alpha value is -0.520. The van der Waals surface area contributed by atoms with Crippen LogP contribution in [0.3, 0.4) is 0 Å². The SMILES string of the molecule is C#CCC(O)C(CC)C(C)O. The van der Waals surface area contributed by atoms with Crippen molar-refractivity contribution < 1.29 is 10.2 Å². The molecule has 0 amide bonds. The van der Waals surface area contributed by atoms with Crippen LogP contribution in [0, 0.1) is 18.3 Å². The third-order valence-electron chi connectivity index (χ3n) is 1.91. The number of terminal acetylenes is 1. The summed E-state index contributed by atoms with van der Waals surface area (Å²) >= 11 is 0. The van der Waals surface area contributed by atoms with Gasteiger partial charge in [-0.2, -0.15) is 0 Å². The lowest BCUT2D eigenvalue weighted by molar-refractivity contribution is 0.0227. The Kier molecular flexibility index (Phi) is 4.93. The molecule has 2 heteroatoms. The van der Waals surface area contributed by atoms with Crippen molar-refractivity contribution in [2.45, 2.75) is 38.9 Å². The van der Waals surface area contributed by atoms with Crippen molar-refractivity contribution in [3.63, 3.8) is 0 Å². The lowest BCUT2D eigenvalue weighted by atomic mass is 9.92. The molecule has 0 saturated heterocycles. The third-order valence-corrected chi connectivity index (χ3v) is 1.91. The first-order valence-corrected chi connectivity index (χ1v) is 3.93. The lowest BCUT2D eigenvalue weighted by Gasteiger charge is -2.22. The number of aliphatic hydroxyl groups is 2. The van der Waals surface area contributed by atoms with Gasteiger partial charge in [0.1, 0.15) is 0 Å². The molecule has 11 heavy (non-hydrogen) atoms. The predicted molar refractivity (Wildman–Crippen MR) is 44.9 cm³/mol. The summed E-state index contributed by atoms with van der Waals surface area (Å²) in [5.41, 5.74) is 0. The zero-order valence-electron chi connectivity index (χ0n) is 7.12. The zero-order chi connectivity index (χ0) is 8.85. The van der Waals surface area contributed by atoms with Crippen LogP contribution in [0.5, 0.6) is 0 Å². The van der Waals surface area contributed by atoms with Crippen LogP contribution in [-0.4, -0.2) is 22.4 Å². The van der Waals surface area contributed by atoms with Gasteiger partial charge < -0.3 is 10.2 Å². The number of rotatable bonds is 4. The minimum Gasteiger partial charge on any atom is -0.393 e. The molecular weight excluding hydrogens is 140 g/mol. The summed E-state index contributed by atoms with van der Waals surface area (Å²) in [5, 5.41) is 18.6. The van der Waals surface area contributed by atoms with Gasteiger partial charge >= 0.3 is 0 Å². The monoisotopic (exact) mass is 156 g/mol. The van der Waals surface area contributed by atoms with Crippen molar-refractivity contribution in [1.82, 2.24) is 0 Å². The maximum Gasteiger partial charge on any atom is 0.0701 e. The highest BCUT2D eigenvalue weighted by atomic mass is 16.3. The highest BCUT2D eigenvalue weighted by Crippen LogP contribution is 2.15. The van der Waals surface area contributed by atoms with Gasteiger partial charge in [0, 0.05) is 12.3 Å². The predicted octanol–water partition coefficient (Wildman–Crippen LogP) is 0.778. The molecule has 3 unspecified atom stereocenters. The zero-order valence-corrected chi connectivity index (χ0v) is 7.12. The van der Waals surface area contributed by atoms with E-state index in [4.69, 9.17) is 6.42 Å². The van der Waals surface area contributed by atoms with Gasteiger partial charge in [-0.1, -0.05) is 6.92 Å². The number of aliphatic hydroxyl groups excluding tert-OH is 2. The van der Waals surface area contributed by atoms with Crippen LogP contribution in [0.1, 0.15) is 26.7 Å². The molecule has 3 atom stereocenters. The van der Waals surface area contributed by atoms with E-state index < -0.39 is 12.2 Å². The maximum atomic E-state index is 9.38. The van der Waals surface area contributed by atoms with Gasteiger partial charge in [-0.3, -0.25) is 0 Å². The molecule has 0 saturated carbocycles. The second-order valence-corrected chi connectivity index (χ2v) is 2.79. The first kappa shape index (κ1) is 10.5. The first-order chi connectivity index (χ1) is 5.13. The van der Waals surface area contributed by atoms with Crippen LogP contribution in [0.4, 0.5) is 0 Å². The second kappa shape index (κ2) is 5.17. The van der Waals surface area contributed by atoms with Gasteiger partial charge in [-0.05, 0) is 13.3 Å². The molecule has 0 radical (unpaired) electrons. The van der Waals surface area contributed by atoms with E-state index in [1.165, 1.54) is 0 Å². The van der Waals surface area contributed by atoms with E-state index in [0.29, 0.717) is 6.42 Å². The quantitative estimate of drug-likeness (QED) is 0.590. The minimum absolute atomic E-state index is 0.0916.